The summed E-state index contributed by atoms with van der Waals surface area (Å²) in [6.45, 7) is 2.56. The van der Waals surface area contributed by atoms with Crippen LogP contribution in [0.1, 0.15) is 0 Å². The summed E-state index contributed by atoms with van der Waals surface area (Å²) in [6.07, 6.45) is 1.51. The summed E-state index contributed by atoms with van der Waals surface area (Å²) in [4.78, 5) is 0. The molecule has 1 saturated heterocycles. The van der Waals surface area contributed by atoms with Gasteiger partial charge < -0.3 is 10.1 Å². The van der Waals surface area contributed by atoms with Crippen LogP contribution in [0.5, 0.6) is 0 Å². The molecule has 6 heteroatoms. The number of hydrogen-bond acceptors (Lipinski definition) is 5. The minimum Gasteiger partial charge on any atom is -0.375 e. The predicted molar refractivity (Wildman–Crippen MR) is 59.6 cm³/mol. The van der Waals surface area contributed by atoms with E-state index >= 15 is 0 Å². The average Bonchev–Trinajstić information content (AvgIpc) is 2.13. The first-order valence-electron chi connectivity index (χ1n) is 4.66. The normalized spacial score (nSPS) is 23.6. The second-order valence-corrected chi connectivity index (χ2v) is 6.81. The van der Waals surface area contributed by atoms with Gasteiger partial charge in [0.2, 0.25) is 0 Å². The molecule has 0 aromatic rings. The molecule has 14 heavy (non-hydrogen) atoms. The molecule has 0 aromatic heterocycles. The first-order valence-corrected chi connectivity index (χ1v) is 7.87. The molecule has 1 aliphatic rings. The summed E-state index contributed by atoms with van der Waals surface area (Å²) in [7, 11) is -2.80. The topological polar surface area (TPSA) is 55.4 Å². The molecule has 4 nitrogen and oxygen atoms in total. The zero-order chi connectivity index (χ0) is 10.4. The molecule has 1 fully saturated rings. The maximum absolute atomic E-state index is 10.8. The van der Waals surface area contributed by atoms with Crippen LogP contribution in [-0.4, -0.2) is 57.7 Å². The van der Waals surface area contributed by atoms with Crippen LogP contribution in [0.15, 0.2) is 0 Å². The van der Waals surface area contributed by atoms with Crippen LogP contribution in [0.3, 0.4) is 0 Å². The minimum atomic E-state index is -2.80. The van der Waals surface area contributed by atoms with Gasteiger partial charge in [0.05, 0.1) is 18.5 Å². The molecule has 0 bridgehead atoms. The Morgan fingerprint density at radius 3 is 2.93 bits per heavy atom. The smallest absolute Gasteiger partial charge is 0.148 e. The molecule has 0 amide bonds. The van der Waals surface area contributed by atoms with Gasteiger partial charge >= 0.3 is 0 Å². The van der Waals surface area contributed by atoms with Crippen molar-refractivity contribution < 1.29 is 13.2 Å². The lowest BCUT2D eigenvalue weighted by Gasteiger charge is -2.23. The highest BCUT2D eigenvalue weighted by Crippen LogP contribution is 2.07. The highest BCUT2D eigenvalue weighted by Gasteiger charge is 2.13. The standard InChI is InChI=1S/C8H17NO3S2/c1-14(10,11)5-4-13-7-8-6-9-2-3-12-8/h8-9H,2-7H2,1H3. The van der Waals surface area contributed by atoms with Gasteiger partial charge in [-0.25, -0.2) is 8.42 Å². The lowest BCUT2D eigenvalue weighted by Crippen LogP contribution is -2.39. The zero-order valence-corrected chi connectivity index (χ0v) is 9.99. The van der Waals surface area contributed by atoms with Gasteiger partial charge in [-0.05, 0) is 0 Å². The van der Waals surface area contributed by atoms with E-state index < -0.39 is 9.84 Å². The third kappa shape index (κ3) is 5.85. The SMILES string of the molecule is CS(=O)(=O)CCSCC1CNCCO1. The van der Waals surface area contributed by atoms with Crippen molar-refractivity contribution in [3.63, 3.8) is 0 Å². The number of thioether (sulfide) groups is 1. The van der Waals surface area contributed by atoms with Gasteiger partial charge in [0.25, 0.3) is 0 Å². The molecule has 1 aliphatic heterocycles. The fraction of sp³-hybridized carbons (Fsp3) is 1.00. The molecule has 1 unspecified atom stereocenters. The molecule has 0 spiro atoms. The molecule has 1 heterocycles. The van der Waals surface area contributed by atoms with E-state index in [9.17, 15) is 8.42 Å². The van der Waals surface area contributed by atoms with Crippen molar-refractivity contribution in [1.29, 1.82) is 0 Å². The van der Waals surface area contributed by atoms with Crippen molar-refractivity contribution in [2.24, 2.45) is 0 Å². The van der Waals surface area contributed by atoms with Crippen molar-refractivity contribution >= 4 is 21.6 Å². The molecule has 0 saturated carbocycles. The number of sulfone groups is 1. The van der Waals surface area contributed by atoms with Crippen LogP contribution in [0.25, 0.3) is 0 Å². The summed E-state index contributed by atoms with van der Waals surface area (Å²) in [5.74, 6) is 1.80. The van der Waals surface area contributed by atoms with Crippen molar-refractivity contribution in [2.45, 2.75) is 6.10 Å². The Bertz CT molecular complexity index is 247. The second-order valence-electron chi connectivity index (χ2n) is 3.40. The van der Waals surface area contributed by atoms with Crippen molar-refractivity contribution in [3.8, 4) is 0 Å². The van der Waals surface area contributed by atoms with Crippen molar-refractivity contribution in [1.82, 2.24) is 5.32 Å². The lowest BCUT2D eigenvalue weighted by atomic mass is 10.3. The van der Waals surface area contributed by atoms with Crippen LogP contribution in [0, 0.1) is 0 Å². The molecular formula is C8H17NO3S2. The third-order valence-corrected chi connectivity index (χ3v) is 4.21. The first-order chi connectivity index (χ1) is 6.58. The quantitative estimate of drug-likeness (QED) is 0.671. The van der Waals surface area contributed by atoms with E-state index in [1.54, 1.807) is 11.8 Å². The average molecular weight is 239 g/mol. The molecule has 84 valence electrons. The number of rotatable bonds is 5. The van der Waals surface area contributed by atoms with E-state index in [0.717, 1.165) is 25.4 Å². The molecule has 0 radical (unpaired) electrons. The Kier molecular flexibility index (Phi) is 5.22. The first kappa shape index (κ1) is 12.3. The maximum atomic E-state index is 10.8. The number of hydrogen-bond donors (Lipinski definition) is 1. The molecule has 0 aliphatic carbocycles. The van der Waals surface area contributed by atoms with Crippen molar-refractivity contribution in [2.75, 3.05) is 43.2 Å². The van der Waals surface area contributed by atoms with Crippen LogP contribution in [-0.2, 0) is 14.6 Å². The van der Waals surface area contributed by atoms with E-state index in [-0.39, 0.29) is 11.9 Å². The monoisotopic (exact) mass is 239 g/mol. The van der Waals surface area contributed by atoms with Gasteiger partial charge in [0.15, 0.2) is 0 Å². The lowest BCUT2D eigenvalue weighted by molar-refractivity contribution is 0.0441. The van der Waals surface area contributed by atoms with Gasteiger partial charge in [-0.1, -0.05) is 0 Å². The Morgan fingerprint density at radius 2 is 2.36 bits per heavy atom. The summed E-state index contributed by atoms with van der Waals surface area (Å²) >= 11 is 1.64. The highest BCUT2D eigenvalue weighted by atomic mass is 32.2. The molecule has 1 rings (SSSR count). The molecule has 0 aromatic carbocycles. The Hall–Kier alpha value is 0.220. The summed E-state index contributed by atoms with van der Waals surface area (Å²) in [6, 6.07) is 0. The minimum absolute atomic E-state index is 0.244. The third-order valence-electron chi connectivity index (χ3n) is 1.91. The molecule has 1 N–H and O–H groups in total. The number of morpholine rings is 1. The summed E-state index contributed by atoms with van der Waals surface area (Å²) in [5, 5.41) is 3.24. The van der Waals surface area contributed by atoms with Gasteiger partial charge in [0, 0.05) is 30.9 Å². The maximum Gasteiger partial charge on any atom is 0.148 e. The van der Waals surface area contributed by atoms with E-state index in [0.29, 0.717) is 5.75 Å². The Balaban J connectivity index is 2.03. The van der Waals surface area contributed by atoms with Crippen LogP contribution in [0.4, 0.5) is 0 Å². The van der Waals surface area contributed by atoms with E-state index in [1.807, 2.05) is 0 Å². The summed E-state index contributed by atoms with van der Waals surface area (Å²) < 4.78 is 27.1. The second kappa shape index (κ2) is 5.95. The van der Waals surface area contributed by atoms with Gasteiger partial charge in [0.1, 0.15) is 9.84 Å². The van der Waals surface area contributed by atoms with Gasteiger partial charge in [-0.15, -0.1) is 0 Å². The molecular weight excluding hydrogens is 222 g/mol. The molecule has 1 atom stereocenters. The van der Waals surface area contributed by atoms with Gasteiger partial charge in [-0.3, -0.25) is 0 Å². The Labute approximate surface area is 89.7 Å². The highest BCUT2D eigenvalue weighted by molar-refractivity contribution is 8.00. The zero-order valence-electron chi connectivity index (χ0n) is 8.36. The largest absolute Gasteiger partial charge is 0.375 e. The fourth-order valence-electron chi connectivity index (χ4n) is 1.15. The van der Waals surface area contributed by atoms with E-state index in [4.69, 9.17) is 4.74 Å². The number of nitrogens with one attached hydrogen (secondary N) is 1. The van der Waals surface area contributed by atoms with Crippen LogP contribution in [0.2, 0.25) is 0 Å². The van der Waals surface area contributed by atoms with E-state index in [1.165, 1.54) is 6.26 Å². The Morgan fingerprint density at radius 1 is 1.57 bits per heavy atom. The van der Waals surface area contributed by atoms with Crippen LogP contribution < -0.4 is 5.32 Å². The van der Waals surface area contributed by atoms with Gasteiger partial charge in [-0.2, -0.15) is 11.8 Å². The van der Waals surface area contributed by atoms with E-state index in [2.05, 4.69) is 5.32 Å². The summed E-state index contributed by atoms with van der Waals surface area (Å²) in [5.41, 5.74) is 0. The van der Waals surface area contributed by atoms with Crippen molar-refractivity contribution in [3.05, 3.63) is 0 Å². The number of ether oxygens (including phenoxy) is 1. The predicted octanol–water partition coefficient (Wildman–Crippen LogP) is -0.247. The van der Waals surface area contributed by atoms with Crippen LogP contribution >= 0.6 is 11.8 Å². The fourth-order valence-corrected chi connectivity index (χ4v) is 3.48.